The van der Waals surface area contributed by atoms with Crippen molar-refractivity contribution in [1.29, 1.82) is 0 Å². The van der Waals surface area contributed by atoms with Gasteiger partial charge in [0.2, 0.25) is 0 Å². The maximum atomic E-state index is 2.59. The highest BCUT2D eigenvalue weighted by Gasteiger charge is 2.22. The molecule has 1 nitrogen and oxygen atoms in total. The minimum absolute atomic E-state index is 0.649. The molecule has 0 aliphatic carbocycles. The first-order valence-corrected chi connectivity index (χ1v) is 8.10. The molecule has 0 saturated carbocycles. The molecule has 2 rings (SSSR count). The SMILES string of the molecule is CSC(C)N1CCc2sc(C(C)C)cc2C1. The monoisotopic (exact) mass is 255 g/mol. The highest BCUT2D eigenvalue weighted by Crippen LogP contribution is 2.33. The maximum absolute atomic E-state index is 2.59. The Morgan fingerprint density at radius 2 is 2.12 bits per heavy atom. The molecule has 1 unspecified atom stereocenters. The number of thiophene rings is 1. The lowest BCUT2D eigenvalue weighted by atomic mass is 10.1. The van der Waals surface area contributed by atoms with Crippen LogP contribution in [0, 0.1) is 0 Å². The van der Waals surface area contributed by atoms with Gasteiger partial charge in [-0.15, -0.1) is 23.1 Å². The van der Waals surface area contributed by atoms with Crippen LogP contribution in [0.3, 0.4) is 0 Å². The molecule has 0 spiro atoms. The Kier molecular flexibility index (Phi) is 3.98. The van der Waals surface area contributed by atoms with Gasteiger partial charge in [-0.25, -0.2) is 0 Å². The van der Waals surface area contributed by atoms with Crippen LogP contribution in [-0.2, 0) is 13.0 Å². The summed E-state index contributed by atoms with van der Waals surface area (Å²) in [6, 6.07) is 2.43. The summed E-state index contributed by atoms with van der Waals surface area (Å²) in [5.74, 6) is 0.682. The summed E-state index contributed by atoms with van der Waals surface area (Å²) in [6.07, 6.45) is 3.45. The largest absolute Gasteiger partial charge is 0.287 e. The van der Waals surface area contributed by atoms with Crippen molar-refractivity contribution in [2.75, 3.05) is 12.8 Å². The van der Waals surface area contributed by atoms with E-state index in [0.717, 1.165) is 6.54 Å². The lowest BCUT2D eigenvalue weighted by molar-refractivity contribution is 0.249. The van der Waals surface area contributed by atoms with Crippen LogP contribution in [0.25, 0.3) is 0 Å². The van der Waals surface area contributed by atoms with E-state index >= 15 is 0 Å². The van der Waals surface area contributed by atoms with Gasteiger partial charge >= 0.3 is 0 Å². The van der Waals surface area contributed by atoms with E-state index in [0.29, 0.717) is 11.3 Å². The summed E-state index contributed by atoms with van der Waals surface area (Å²) < 4.78 is 0. The fraction of sp³-hybridized carbons (Fsp3) is 0.692. The van der Waals surface area contributed by atoms with Crippen molar-refractivity contribution in [3.05, 3.63) is 21.4 Å². The molecular weight excluding hydrogens is 234 g/mol. The fourth-order valence-corrected chi connectivity index (χ4v) is 3.77. The summed E-state index contributed by atoms with van der Waals surface area (Å²) in [4.78, 5) is 5.78. The zero-order chi connectivity index (χ0) is 11.7. The number of thioether (sulfide) groups is 1. The summed E-state index contributed by atoms with van der Waals surface area (Å²) in [7, 11) is 0. The fourth-order valence-electron chi connectivity index (χ4n) is 2.12. The van der Waals surface area contributed by atoms with Crippen molar-refractivity contribution in [3.8, 4) is 0 Å². The smallest absolute Gasteiger partial charge is 0.0529 e. The molecule has 16 heavy (non-hydrogen) atoms. The Labute approximate surface area is 107 Å². The van der Waals surface area contributed by atoms with Gasteiger partial charge in [0.15, 0.2) is 0 Å². The lowest BCUT2D eigenvalue weighted by Crippen LogP contribution is -2.35. The molecule has 1 aromatic heterocycles. The second kappa shape index (κ2) is 5.11. The third kappa shape index (κ3) is 2.47. The van der Waals surface area contributed by atoms with Gasteiger partial charge in [0, 0.05) is 22.8 Å². The van der Waals surface area contributed by atoms with Crippen LogP contribution >= 0.6 is 23.1 Å². The number of fused-ring (bicyclic) bond motifs is 1. The normalized spacial score (nSPS) is 18.8. The molecule has 0 fully saturated rings. The molecule has 0 N–H and O–H groups in total. The van der Waals surface area contributed by atoms with Gasteiger partial charge < -0.3 is 0 Å². The van der Waals surface area contributed by atoms with Gasteiger partial charge in [-0.1, -0.05) is 13.8 Å². The Hall–Kier alpha value is 0.0100. The topological polar surface area (TPSA) is 3.24 Å². The van der Waals surface area contributed by atoms with Gasteiger partial charge in [-0.3, -0.25) is 4.90 Å². The van der Waals surface area contributed by atoms with Crippen LogP contribution in [-0.4, -0.2) is 23.1 Å². The van der Waals surface area contributed by atoms with Gasteiger partial charge in [0.05, 0.1) is 5.37 Å². The number of hydrogen-bond acceptors (Lipinski definition) is 3. The molecule has 0 aromatic carbocycles. The number of hydrogen-bond donors (Lipinski definition) is 0. The summed E-state index contributed by atoms with van der Waals surface area (Å²) in [6.45, 7) is 9.28. The third-order valence-electron chi connectivity index (χ3n) is 3.34. The van der Waals surface area contributed by atoms with Crippen molar-refractivity contribution in [3.63, 3.8) is 0 Å². The van der Waals surface area contributed by atoms with Crippen molar-refractivity contribution in [2.24, 2.45) is 0 Å². The predicted octanol–water partition coefficient (Wildman–Crippen LogP) is 3.94. The van der Waals surface area contributed by atoms with Crippen LogP contribution in [0.2, 0.25) is 0 Å². The molecule has 0 amide bonds. The van der Waals surface area contributed by atoms with Crippen molar-refractivity contribution >= 4 is 23.1 Å². The number of nitrogens with zero attached hydrogens (tertiary/aromatic N) is 1. The van der Waals surface area contributed by atoms with E-state index in [1.165, 1.54) is 13.0 Å². The van der Waals surface area contributed by atoms with Gasteiger partial charge in [0.25, 0.3) is 0 Å². The minimum Gasteiger partial charge on any atom is -0.287 e. The van der Waals surface area contributed by atoms with Crippen molar-refractivity contribution in [1.82, 2.24) is 4.90 Å². The molecule has 1 aliphatic heterocycles. The van der Waals surface area contributed by atoms with Crippen LogP contribution in [0.4, 0.5) is 0 Å². The zero-order valence-electron chi connectivity index (χ0n) is 10.6. The second-order valence-corrected chi connectivity index (χ2v) is 7.13. The number of rotatable bonds is 3. The maximum Gasteiger partial charge on any atom is 0.0529 e. The second-order valence-electron chi connectivity index (χ2n) is 4.81. The van der Waals surface area contributed by atoms with E-state index in [1.807, 2.05) is 23.1 Å². The van der Waals surface area contributed by atoms with Crippen molar-refractivity contribution < 1.29 is 0 Å². The molecule has 1 atom stereocenters. The molecule has 3 heteroatoms. The van der Waals surface area contributed by atoms with Gasteiger partial charge in [0.1, 0.15) is 0 Å². The van der Waals surface area contributed by atoms with Crippen molar-refractivity contribution in [2.45, 2.75) is 45.0 Å². The summed E-state index contributed by atoms with van der Waals surface area (Å²) in [5.41, 5.74) is 1.58. The van der Waals surface area contributed by atoms with Crippen LogP contribution in [0.5, 0.6) is 0 Å². The predicted molar refractivity (Wildman–Crippen MR) is 75.5 cm³/mol. The molecule has 1 aromatic rings. The standard InChI is InChI=1S/C13H21NS2/c1-9(2)13-7-11-8-14(10(3)15-4)6-5-12(11)16-13/h7,9-10H,5-6,8H2,1-4H3. The van der Waals surface area contributed by atoms with Gasteiger partial charge in [-0.05, 0) is 37.1 Å². The first-order chi connectivity index (χ1) is 7.61. The summed E-state index contributed by atoms with van der Waals surface area (Å²) >= 11 is 3.98. The van der Waals surface area contributed by atoms with E-state index in [4.69, 9.17) is 0 Å². The molecule has 90 valence electrons. The highest BCUT2D eigenvalue weighted by atomic mass is 32.2. The third-order valence-corrected chi connectivity index (χ3v) is 5.86. The molecule has 0 saturated heterocycles. The first kappa shape index (κ1) is 12.5. The van der Waals surface area contributed by atoms with E-state index < -0.39 is 0 Å². The molecule has 2 heterocycles. The van der Waals surface area contributed by atoms with Gasteiger partial charge in [-0.2, -0.15) is 0 Å². The Balaban J connectivity index is 2.14. The average molecular weight is 255 g/mol. The zero-order valence-corrected chi connectivity index (χ0v) is 12.3. The minimum atomic E-state index is 0.649. The quantitative estimate of drug-likeness (QED) is 0.805. The molecular formula is C13H21NS2. The molecule has 1 aliphatic rings. The van der Waals surface area contributed by atoms with E-state index in [9.17, 15) is 0 Å². The van der Waals surface area contributed by atoms with Crippen LogP contribution < -0.4 is 0 Å². The Bertz CT molecular complexity index is 357. The van der Waals surface area contributed by atoms with E-state index in [2.05, 4.69) is 38.0 Å². The molecule has 0 bridgehead atoms. The summed E-state index contributed by atoms with van der Waals surface area (Å²) in [5, 5.41) is 0.649. The molecule has 0 radical (unpaired) electrons. The first-order valence-electron chi connectivity index (χ1n) is 6.00. The van der Waals surface area contributed by atoms with Crippen LogP contribution in [0.1, 0.15) is 42.0 Å². The Morgan fingerprint density at radius 3 is 2.75 bits per heavy atom. The van der Waals surface area contributed by atoms with Crippen LogP contribution in [0.15, 0.2) is 6.07 Å². The average Bonchev–Trinajstić information content (AvgIpc) is 2.70. The Morgan fingerprint density at radius 1 is 1.38 bits per heavy atom. The highest BCUT2D eigenvalue weighted by molar-refractivity contribution is 7.99. The van der Waals surface area contributed by atoms with E-state index in [1.54, 1.807) is 15.3 Å². The lowest BCUT2D eigenvalue weighted by Gasteiger charge is -2.31. The van der Waals surface area contributed by atoms with E-state index in [-0.39, 0.29) is 0 Å².